The van der Waals surface area contributed by atoms with E-state index in [0.29, 0.717) is 22.9 Å². The quantitative estimate of drug-likeness (QED) is 0.580. The number of thiophene rings is 1. The number of hydrogen-bond acceptors (Lipinski definition) is 5. The molecular formula is C21H25NO5S. The summed E-state index contributed by atoms with van der Waals surface area (Å²) in [5.74, 6) is -2.51. The average Bonchev–Trinajstić information content (AvgIpc) is 3.38. The monoisotopic (exact) mass is 403 g/mol. The Morgan fingerprint density at radius 3 is 2.61 bits per heavy atom. The topological polar surface area (TPSA) is 92.7 Å². The number of allylic oxidation sites excluding steroid dienone is 2. The minimum Gasteiger partial charge on any atom is -0.481 e. The second-order valence-electron chi connectivity index (χ2n) is 8.04. The van der Waals surface area contributed by atoms with Crippen molar-refractivity contribution >= 4 is 34.2 Å². The van der Waals surface area contributed by atoms with Crippen LogP contribution in [0.3, 0.4) is 0 Å². The van der Waals surface area contributed by atoms with Crippen molar-refractivity contribution in [3.8, 4) is 0 Å². The molecule has 2 bridgehead atoms. The summed E-state index contributed by atoms with van der Waals surface area (Å²) in [7, 11) is 1.34. The molecule has 1 aromatic heterocycles. The van der Waals surface area contributed by atoms with Crippen LogP contribution in [0.15, 0.2) is 12.2 Å². The third-order valence-electron chi connectivity index (χ3n) is 6.62. The fraction of sp³-hybridized carbons (Fsp3) is 0.571. The molecule has 7 heteroatoms. The first-order valence-electron chi connectivity index (χ1n) is 9.89. The smallest absolute Gasteiger partial charge is 0.341 e. The van der Waals surface area contributed by atoms with Crippen LogP contribution in [0.1, 0.15) is 47.0 Å². The lowest BCUT2D eigenvalue weighted by Crippen LogP contribution is -2.36. The summed E-state index contributed by atoms with van der Waals surface area (Å²) in [6.07, 6.45) is 8.41. The number of esters is 1. The Morgan fingerprint density at radius 1 is 1.25 bits per heavy atom. The Bertz CT molecular complexity index is 857. The highest BCUT2D eigenvalue weighted by molar-refractivity contribution is 7.17. The van der Waals surface area contributed by atoms with Crippen LogP contribution in [0.5, 0.6) is 0 Å². The van der Waals surface area contributed by atoms with Crippen LogP contribution >= 0.6 is 11.3 Å². The van der Waals surface area contributed by atoms with Gasteiger partial charge in [-0.1, -0.05) is 25.5 Å². The van der Waals surface area contributed by atoms with Gasteiger partial charge in [-0.2, -0.15) is 0 Å². The fourth-order valence-electron chi connectivity index (χ4n) is 5.12. The van der Waals surface area contributed by atoms with Crippen LogP contribution in [-0.4, -0.2) is 30.1 Å². The van der Waals surface area contributed by atoms with Crippen LogP contribution in [0, 0.1) is 29.6 Å². The first kappa shape index (κ1) is 19.2. The van der Waals surface area contributed by atoms with E-state index in [2.05, 4.69) is 12.2 Å². The van der Waals surface area contributed by atoms with E-state index in [-0.39, 0.29) is 17.7 Å². The van der Waals surface area contributed by atoms with Crippen LogP contribution in [0.2, 0.25) is 0 Å². The van der Waals surface area contributed by atoms with Crippen LogP contribution in [0.25, 0.3) is 0 Å². The third-order valence-corrected chi connectivity index (χ3v) is 7.79. The van der Waals surface area contributed by atoms with E-state index in [4.69, 9.17) is 4.74 Å². The standard InChI is InChI=1S/C21H25NO5S/c1-3-10-4-7-13-14(8-10)28-19(17(13)21(26)27-2)22-18(23)15-11-5-6-12(9-11)16(15)20(24)25/h5-6,10-12,15-16H,3-4,7-9H2,1-2H3,(H,22,23)(H,24,25)/t10-,11+,12+,15+,16+/m1/s1. The van der Waals surface area contributed by atoms with E-state index in [9.17, 15) is 19.5 Å². The molecule has 0 aromatic carbocycles. The van der Waals surface area contributed by atoms with Crippen molar-refractivity contribution in [2.75, 3.05) is 12.4 Å². The molecular weight excluding hydrogens is 378 g/mol. The Balaban J connectivity index is 1.63. The van der Waals surface area contributed by atoms with Crippen molar-refractivity contribution in [3.05, 3.63) is 28.2 Å². The van der Waals surface area contributed by atoms with E-state index in [1.54, 1.807) is 0 Å². The molecule has 0 radical (unpaired) electrons. The molecule has 0 spiro atoms. The maximum absolute atomic E-state index is 13.1. The van der Waals surface area contributed by atoms with Gasteiger partial charge >= 0.3 is 11.9 Å². The van der Waals surface area contributed by atoms with Crippen LogP contribution in [0.4, 0.5) is 5.00 Å². The van der Waals surface area contributed by atoms with Gasteiger partial charge in [0.15, 0.2) is 0 Å². The zero-order valence-electron chi connectivity index (χ0n) is 16.1. The first-order chi connectivity index (χ1) is 13.4. The molecule has 1 saturated carbocycles. The van der Waals surface area contributed by atoms with Crippen LogP contribution < -0.4 is 5.32 Å². The number of aliphatic carboxylic acids is 1. The number of nitrogens with one attached hydrogen (secondary N) is 1. The minimum absolute atomic E-state index is 0.0493. The highest BCUT2D eigenvalue weighted by Crippen LogP contribution is 2.49. The number of amides is 1. The lowest BCUT2D eigenvalue weighted by Gasteiger charge is -2.23. The molecule has 1 amide bonds. The number of ether oxygens (including phenoxy) is 1. The van der Waals surface area contributed by atoms with Gasteiger partial charge in [0.25, 0.3) is 0 Å². The molecule has 5 atom stereocenters. The molecule has 6 nitrogen and oxygen atoms in total. The van der Waals surface area contributed by atoms with Crippen molar-refractivity contribution in [1.29, 1.82) is 0 Å². The predicted molar refractivity (Wildman–Crippen MR) is 105 cm³/mol. The average molecular weight is 404 g/mol. The Hall–Kier alpha value is -2.15. The highest BCUT2D eigenvalue weighted by Gasteiger charge is 2.51. The Kier molecular flexibility index (Phi) is 5.04. The third kappa shape index (κ3) is 3.05. The summed E-state index contributed by atoms with van der Waals surface area (Å²) >= 11 is 1.44. The van der Waals surface area contributed by atoms with Gasteiger partial charge in [0.1, 0.15) is 5.00 Å². The molecule has 3 aliphatic rings. The van der Waals surface area contributed by atoms with E-state index in [1.165, 1.54) is 18.4 Å². The molecule has 0 saturated heterocycles. The number of hydrogen-bond donors (Lipinski definition) is 2. The number of rotatable bonds is 5. The summed E-state index contributed by atoms with van der Waals surface area (Å²) in [5, 5.41) is 13.0. The van der Waals surface area contributed by atoms with Gasteiger partial charge in [0.2, 0.25) is 5.91 Å². The predicted octanol–water partition coefficient (Wildman–Crippen LogP) is 3.51. The molecule has 0 unspecified atom stereocenters. The lowest BCUT2D eigenvalue weighted by atomic mass is 9.82. The molecule has 1 fully saturated rings. The van der Waals surface area contributed by atoms with Crippen molar-refractivity contribution < 1.29 is 24.2 Å². The molecule has 1 aromatic rings. The summed E-state index contributed by atoms with van der Waals surface area (Å²) in [6, 6.07) is 0. The normalized spacial score (nSPS) is 30.1. The number of carbonyl (C=O) groups is 3. The van der Waals surface area contributed by atoms with Gasteiger partial charge in [-0.05, 0) is 49.0 Å². The largest absolute Gasteiger partial charge is 0.481 e. The van der Waals surface area contributed by atoms with Crippen LogP contribution in [-0.2, 0) is 27.2 Å². The summed E-state index contributed by atoms with van der Waals surface area (Å²) in [6.45, 7) is 2.17. The summed E-state index contributed by atoms with van der Waals surface area (Å²) in [4.78, 5) is 38.4. The number of fused-ring (bicyclic) bond motifs is 3. The second kappa shape index (κ2) is 7.35. The zero-order chi connectivity index (χ0) is 20.0. The molecule has 1 heterocycles. The van der Waals surface area contributed by atoms with E-state index in [0.717, 1.165) is 36.1 Å². The lowest BCUT2D eigenvalue weighted by molar-refractivity contribution is -0.146. The molecule has 3 aliphatic carbocycles. The first-order valence-corrected chi connectivity index (χ1v) is 10.7. The minimum atomic E-state index is -0.929. The van der Waals surface area contributed by atoms with Gasteiger partial charge in [-0.3, -0.25) is 9.59 Å². The molecule has 28 heavy (non-hydrogen) atoms. The zero-order valence-corrected chi connectivity index (χ0v) is 16.9. The Morgan fingerprint density at radius 2 is 1.96 bits per heavy atom. The summed E-state index contributed by atoms with van der Waals surface area (Å²) in [5.41, 5.74) is 1.44. The second-order valence-corrected chi connectivity index (χ2v) is 9.15. The number of anilines is 1. The molecule has 0 aliphatic heterocycles. The maximum atomic E-state index is 13.1. The molecule has 4 rings (SSSR count). The number of methoxy groups -OCH3 is 1. The highest BCUT2D eigenvalue weighted by atomic mass is 32.1. The van der Waals surface area contributed by atoms with Gasteiger partial charge in [-0.25, -0.2) is 4.79 Å². The Labute approximate surface area is 168 Å². The molecule has 150 valence electrons. The van der Waals surface area contributed by atoms with Crippen molar-refractivity contribution in [1.82, 2.24) is 0 Å². The fourth-order valence-corrected chi connectivity index (χ4v) is 6.47. The van der Waals surface area contributed by atoms with Crippen molar-refractivity contribution in [2.45, 2.75) is 39.0 Å². The number of carboxylic acids is 1. The summed E-state index contributed by atoms with van der Waals surface area (Å²) < 4.78 is 4.98. The molecule has 2 N–H and O–H groups in total. The van der Waals surface area contributed by atoms with E-state index in [1.807, 2.05) is 12.2 Å². The van der Waals surface area contributed by atoms with E-state index >= 15 is 0 Å². The van der Waals surface area contributed by atoms with Crippen molar-refractivity contribution in [3.63, 3.8) is 0 Å². The van der Waals surface area contributed by atoms with Crippen molar-refractivity contribution in [2.24, 2.45) is 29.6 Å². The number of carboxylic acid groups (broad SMARTS) is 1. The van der Waals surface area contributed by atoms with Gasteiger partial charge in [0, 0.05) is 4.88 Å². The van der Waals surface area contributed by atoms with Gasteiger partial charge < -0.3 is 15.2 Å². The van der Waals surface area contributed by atoms with Gasteiger partial charge in [-0.15, -0.1) is 11.3 Å². The SMILES string of the molecule is CC[C@@H]1CCc2c(sc(NC(=O)[C@@H]3[C@@H](C(=O)O)[C@H]4C=C[C@H]3C4)c2C(=O)OC)C1. The van der Waals surface area contributed by atoms with E-state index < -0.39 is 23.8 Å². The van der Waals surface area contributed by atoms with Gasteiger partial charge in [0.05, 0.1) is 24.5 Å². The maximum Gasteiger partial charge on any atom is 0.341 e. The number of carbonyl (C=O) groups excluding carboxylic acids is 2.